The van der Waals surface area contributed by atoms with Crippen LogP contribution in [0.25, 0.3) is 21.9 Å². The predicted molar refractivity (Wildman–Crippen MR) is 157 cm³/mol. The second-order valence-electron chi connectivity index (χ2n) is 9.54. The summed E-state index contributed by atoms with van der Waals surface area (Å²) < 4.78 is 12.5. The number of fused-ring (bicyclic) bond motifs is 3. The van der Waals surface area contributed by atoms with Crippen LogP contribution in [-0.2, 0) is 0 Å². The molecule has 0 unspecified atom stereocenters. The quantitative estimate of drug-likeness (QED) is 0.224. The zero-order valence-corrected chi connectivity index (χ0v) is 21.4. The van der Waals surface area contributed by atoms with Crippen LogP contribution in [0.15, 0.2) is 132 Å². The van der Waals surface area contributed by atoms with Crippen LogP contribution >= 0.6 is 0 Å². The summed E-state index contributed by atoms with van der Waals surface area (Å²) in [6, 6.07) is 36.7. The Morgan fingerprint density at radius 3 is 2.41 bits per heavy atom. The standard InChI is InChI=1S/C33H26N4O2/c1-35-18-19-36(23-35)26-21-29(33-28-14-5-6-15-30(28)39-31(33)22-26)37(24-10-3-2-4-11-24)25-12-9-13-27(20-25)38-32-16-7-8-17-34-32/h2-22H,23H2,1H3. The van der Waals surface area contributed by atoms with Crippen LogP contribution in [0, 0.1) is 0 Å². The third-order valence-electron chi connectivity index (χ3n) is 6.84. The van der Waals surface area contributed by atoms with Crippen LogP contribution in [0.4, 0.5) is 22.7 Å². The molecule has 6 aromatic rings. The molecule has 0 amide bonds. The number of hydrogen-bond acceptors (Lipinski definition) is 6. The third kappa shape index (κ3) is 4.32. The van der Waals surface area contributed by atoms with Crippen molar-refractivity contribution in [3.05, 3.63) is 128 Å². The maximum atomic E-state index is 6.42. The van der Waals surface area contributed by atoms with Gasteiger partial charge in [-0.1, -0.05) is 48.5 Å². The number of nitrogens with zero attached hydrogens (tertiary/aromatic N) is 4. The summed E-state index contributed by atoms with van der Waals surface area (Å²) in [5.41, 5.74) is 5.78. The Bertz CT molecular complexity index is 1800. The molecule has 39 heavy (non-hydrogen) atoms. The zero-order valence-electron chi connectivity index (χ0n) is 21.4. The van der Waals surface area contributed by atoms with Crippen molar-refractivity contribution < 1.29 is 9.15 Å². The van der Waals surface area contributed by atoms with Gasteiger partial charge >= 0.3 is 0 Å². The van der Waals surface area contributed by atoms with Gasteiger partial charge in [0.2, 0.25) is 5.88 Å². The predicted octanol–water partition coefficient (Wildman–Crippen LogP) is 8.42. The van der Waals surface area contributed by atoms with Crippen LogP contribution in [0.5, 0.6) is 11.6 Å². The molecule has 0 spiro atoms. The minimum Gasteiger partial charge on any atom is -0.456 e. The molecule has 0 radical (unpaired) electrons. The second kappa shape index (κ2) is 9.58. The normalized spacial score (nSPS) is 12.9. The van der Waals surface area contributed by atoms with E-state index in [1.807, 2.05) is 54.6 Å². The first-order chi connectivity index (χ1) is 19.2. The molecule has 7 rings (SSSR count). The fraction of sp³-hybridized carbons (Fsp3) is 0.0606. The van der Waals surface area contributed by atoms with Gasteiger partial charge < -0.3 is 23.9 Å². The molecule has 0 fully saturated rings. The summed E-state index contributed by atoms with van der Waals surface area (Å²) in [6.07, 6.45) is 5.91. The van der Waals surface area contributed by atoms with Gasteiger partial charge in [0.15, 0.2) is 0 Å². The van der Waals surface area contributed by atoms with Gasteiger partial charge in [0.25, 0.3) is 0 Å². The lowest BCUT2D eigenvalue weighted by Gasteiger charge is -2.28. The minimum absolute atomic E-state index is 0.552. The molecule has 190 valence electrons. The first-order valence-corrected chi connectivity index (χ1v) is 12.9. The Balaban J connectivity index is 1.45. The molecule has 0 atom stereocenters. The SMILES string of the molecule is CN1C=CN(c2cc(N(c3ccccc3)c3cccc(Oc4ccccn4)c3)c3c(c2)oc2ccccc23)C1. The molecule has 3 heterocycles. The summed E-state index contributed by atoms with van der Waals surface area (Å²) in [7, 11) is 2.07. The Labute approximate surface area is 226 Å². The van der Waals surface area contributed by atoms with E-state index in [9.17, 15) is 0 Å². The number of ether oxygens (including phenoxy) is 1. The molecular weight excluding hydrogens is 484 g/mol. The number of benzene rings is 4. The molecule has 6 heteroatoms. The fourth-order valence-electron chi connectivity index (χ4n) is 5.08. The van der Waals surface area contributed by atoms with Gasteiger partial charge in [-0.05, 0) is 42.5 Å². The van der Waals surface area contributed by atoms with Crippen molar-refractivity contribution in [3.63, 3.8) is 0 Å². The van der Waals surface area contributed by atoms with Crippen LogP contribution in [0.3, 0.4) is 0 Å². The van der Waals surface area contributed by atoms with E-state index in [4.69, 9.17) is 9.15 Å². The highest BCUT2D eigenvalue weighted by atomic mass is 16.5. The second-order valence-corrected chi connectivity index (χ2v) is 9.54. The van der Waals surface area contributed by atoms with Gasteiger partial charge in [-0.3, -0.25) is 0 Å². The third-order valence-corrected chi connectivity index (χ3v) is 6.84. The summed E-state index contributed by atoms with van der Waals surface area (Å²) in [4.78, 5) is 11.0. The smallest absolute Gasteiger partial charge is 0.219 e. The van der Waals surface area contributed by atoms with E-state index < -0.39 is 0 Å². The highest BCUT2D eigenvalue weighted by Gasteiger charge is 2.23. The Hall–Kier alpha value is -5.23. The number of pyridine rings is 1. The molecule has 0 N–H and O–H groups in total. The van der Waals surface area contributed by atoms with E-state index >= 15 is 0 Å². The highest BCUT2D eigenvalue weighted by molar-refractivity contribution is 6.14. The van der Waals surface area contributed by atoms with E-state index in [1.54, 1.807) is 6.20 Å². The summed E-state index contributed by atoms with van der Waals surface area (Å²) >= 11 is 0. The van der Waals surface area contributed by atoms with Crippen molar-refractivity contribution in [2.24, 2.45) is 0 Å². The van der Waals surface area contributed by atoms with Gasteiger partial charge in [-0.2, -0.15) is 0 Å². The van der Waals surface area contributed by atoms with Crippen molar-refractivity contribution in [2.75, 3.05) is 23.5 Å². The van der Waals surface area contributed by atoms with Crippen molar-refractivity contribution in [1.82, 2.24) is 9.88 Å². The molecule has 1 aliphatic rings. The lowest BCUT2D eigenvalue weighted by atomic mass is 10.1. The molecule has 2 aromatic heterocycles. The molecular formula is C33H26N4O2. The first kappa shape index (κ1) is 22.9. The fourth-order valence-corrected chi connectivity index (χ4v) is 5.08. The van der Waals surface area contributed by atoms with E-state index in [2.05, 4.69) is 93.7 Å². The average molecular weight is 511 g/mol. The Morgan fingerprint density at radius 2 is 1.59 bits per heavy atom. The average Bonchev–Trinajstić information content (AvgIpc) is 3.58. The minimum atomic E-state index is 0.552. The molecule has 6 nitrogen and oxygen atoms in total. The van der Waals surface area contributed by atoms with Crippen LogP contribution < -0.4 is 14.5 Å². The zero-order chi connectivity index (χ0) is 26.2. The summed E-state index contributed by atoms with van der Waals surface area (Å²) in [5, 5.41) is 2.13. The van der Waals surface area contributed by atoms with Crippen molar-refractivity contribution in [2.45, 2.75) is 0 Å². The number of hydrogen-bond donors (Lipinski definition) is 0. The van der Waals surface area contributed by atoms with E-state index in [0.717, 1.165) is 51.4 Å². The number of aromatic nitrogens is 1. The topological polar surface area (TPSA) is 45.0 Å². The first-order valence-electron chi connectivity index (χ1n) is 12.9. The van der Waals surface area contributed by atoms with Gasteiger partial charge in [0.05, 0.1) is 17.7 Å². The summed E-state index contributed by atoms with van der Waals surface area (Å²) in [5.74, 6) is 1.26. The highest BCUT2D eigenvalue weighted by Crippen LogP contribution is 2.45. The van der Waals surface area contributed by atoms with Gasteiger partial charge in [-0.25, -0.2) is 4.98 Å². The van der Waals surface area contributed by atoms with Crippen LogP contribution in [-0.4, -0.2) is 23.6 Å². The summed E-state index contributed by atoms with van der Waals surface area (Å²) in [6.45, 7) is 0.768. The molecule has 4 aromatic carbocycles. The monoisotopic (exact) mass is 510 g/mol. The van der Waals surface area contributed by atoms with Crippen molar-refractivity contribution >= 4 is 44.7 Å². The number of furan rings is 1. The molecule has 0 bridgehead atoms. The largest absolute Gasteiger partial charge is 0.456 e. The Kier molecular flexibility index (Phi) is 5.63. The van der Waals surface area contributed by atoms with E-state index in [1.165, 1.54) is 0 Å². The van der Waals surface area contributed by atoms with Gasteiger partial charge in [-0.15, -0.1) is 0 Å². The molecule has 1 aliphatic heterocycles. The number of rotatable bonds is 6. The maximum absolute atomic E-state index is 6.42. The molecule has 0 saturated carbocycles. The van der Waals surface area contributed by atoms with Crippen molar-refractivity contribution in [3.8, 4) is 11.6 Å². The van der Waals surface area contributed by atoms with Gasteiger partial charge in [0.1, 0.15) is 16.9 Å². The molecule has 0 saturated heterocycles. The van der Waals surface area contributed by atoms with E-state index in [0.29, 0.717) is 11.6 Å². The number of anilines is 4. The maximum Gasteiger partial charge on any atom is 0.219 e. The van der Waals surface area contributed by atoms with Gasteiger partial charge in [0, 0.05) is 66.3 Å². The number of para-hydroxylation sites is 2. The Morgan fingerprint density at radius 1 is 0.769 bits per heavy atom. The van der Waals surface area contributed by atoms with Crippen molar-refractivity contribution in [1.29, 1.82) is 0 Å². The molecule has 0 aliphatic carbocycles. The lowest BCUT2D eigenvalue weighted by Crippen LogP contribution is -2.22. The lowest BCUT2D eigenvalue weighted by molar-refractivity contribution is 0.463. The van der Waals surface area contributed by atoms with Crippen LogP contribution in [0.1, 0.15) is 0 Å². The van der Waals surface area contributed by atoms with Crippen LogP contribution in [0.2, 0.25) is 0 Å². The van der Waals surface area contributed by atoms with E-state index in [-0.39, 0.29) is 0 Å².